The van der Waals surface area contributed by atoms with Gasteiger partial charge in [0.1, 0.15) is 10.6 Å². The second-order valence-corrected chi connectivity index (χ2v) is 9.61. The van der Waals surface area contributed by atoms with Crippen molar-refractivity contribution >= 4 is 27.4 Å². The summed E-state index contributed by atoms with van der Waals surface area (Å²) in [4.78, 5) is 20.4. The van der Waals surface area contributed by atoms with Gasteiger partial charge in [-0.2, -0.15) is 0 Å². The zero-order valence-electron chi connectivity index (χ0n) is 16.2. The molecule has 2 rings (SSSR count). The Labute approximate surface area is 164 Å². The zero-order chi connectivity index (χ0) is 21.1. The maximum absolute atomic E-state index is 12.1. The Morgan fingerprint density at radius 1 is 1.25 bits per heavy atom. The number of benzene rings is 1. The van der Waals surface area contributed by atoms with Crippen LogP contribution in [0.1, 0.15) is 26.5 Å². The minimum Gasteiger partial charge on any atom is -0.394 e. The van der Waals surface area contributed by atoms with E-state index in [-0.39, 0.29) is 24.3 Å². The van der Waals surface area contributed by atoms with Crippen molar-refractivity contribution in [1.29, 1.82) is 0 Å². The van der Waals surface area contributed by atoms with Gasteiger partial charge in [0.05, 0.1) is 18.3 Å². The first kappa shape index (κ1) is 21.6. The van der Waals surface area contributed by atoms with Crippen LogP contribution in [0.15, 0.2) is 30.3 Å². The third kappa shape index (κ3) is 4.96. The van der Waals surface area contributed by atoms with Gasteiger partial charge in [-0.05, 0) is 45.0 Å². The molecule has 0 saturated carbocycles. The molecular formula is C18H25N5O4S. The van der Waals surface area contributed by atoms with Crippen molar-refractivity contribution in [1.82, 2.24) is 15.3 Å². The fraction of sp³-hybridized carbons (Fsp3) is 0.389. The number of aliphatic hydroxyl groups is 1. The lowest BCUT2D eigenvalue weighted by molar-refractivity contribution is 0.229. The molecule has 9 nitrogen and oxygen atoms in total. The van der Waals surface area contributed by atoms with E-state index in [1.807, 2.05) is 0 Å². The topological polar surface area (TPSA) is 147 Å². The second kappa shape index (κ2) is 8.11. The van der Waals surface area contributed by atoms with Crippen LogP contribution >= 0.6 is 0 Å². The van der Waals surface area contributed by atoms with Gasteiger partial charge in [-0.15, -0.1) is 0 Å². The number of hydrogen-bond donors (Lipinski definition) is 4. The van der Waals surface area contributed by atoms with E-state index in [2.05, 4.69) is 20.6 Å². The molecule has 152 valence electrons. The molecule has 1 atom stereocenters. The van der Waals surface area contributed by atoms with E-state index >= 15 is 0 Å². The number of carbonyl (C=O) groups is 1. The summed E-state index contributed by atoms with van der Waals surface area (Å²) in [6.45, 7) is 4.64. The summed E-state index contributed by atoms with van der Waals surface area (Å²) in [6.07, 6.45) is 1.15. The van der Waals surface area contributed by atoms with Gasteiger partial charge in [0.2, 0.25) is 0 Å². The standard InChI is InChI=1S/C18H25N5O4S/c1-11(10-24)20-17(25)21-13-7-5-12(6-8-13)16-22-14(9-15(19)23-16)18(2,3)28(4,26)27/h5-9,11,24H,10H2,1-4H3,(H2,19,22,23)(H2,20,21,25)/t11-/m1/s1. The summed E-state index contributed by atoms with van der Waals surface area (Å²) in [6, 6.07) is 7.35. The average molecular weight is 407 g/mol. The minimum absolute atomic E-state index is 0.161. The molecule has 0 radical (unpaired) electrons. The molecule has 0 aliphatic carbocycles. The number of nitrogens with two attached hydrogens (primary N) is 1. The summed E-state index contributed by atoms with van der Waals surface area (Å²) in [5.41, 5.74) is 7.32. The van der Waals surface area contributed by atoms with E-state index in [9.17, 15) is 13.2 Å². The molecule has 1 aromatic heterocycles. The highest BCUT2D eigenvalue weighted by Crippen LogP contribution is 2.30. The maximum atomic E-state index is 12.1. The van der Waals surface area contributed by atoms with Crippen molar-refractivity contribution in [3.05, 3.63) is 36.0 Å². The molecule has 0 aliphatic rings. The van der Waals surface area contributed by atoms with Gasteiger partial charge in [-0.25, -0.2) is 23.2 Å². The number of carbonyl (C=O) groups excluding carboxylic acids is 1. The van der Waals surface area contributed by atoms with Crippen LogP contribution in [0, 0.1) is 0 Å². The van der Waals surface area contributed by atoms with Crippen molar-refractivity contribution in [2.45, 2.75) is 31.6 Å². The highest BCUT2D eigenvalue weighted by Gasteiger charge is 2.34. The van der Waals surface area contributed by atoms with Crippen molar-refractivity contribution in [3.8, 4) is 11.4 Å². The molecule has 1 aromatic carbocycles. The summed E-state index contributed by atoms with van der Waals surface area (Å²) in [7, 11) is -3.42. The zero-order valence-corrected chi connectivity index (χ0v) is 17.0. The number of sulfone groups is 1. The number of nitrogen functional groups attached to an aromatic ring is 1. The monoisotopic (exact) mass is 407 g/mol. The van der Waals surface area contributed by atoms with Gasteiger partial charge in [-0.3, -0.25) is 0 Å². The number of amides is 2. The molecule has 0 unspecified atom stereocenters. The molecule has 0 aliphatic heterocycles. The molecule has 1 heterocycles. The number of nitrogens with one attached hydrogen (secondary N) is 2. The molecular weight excluding hydrogens is 382 g/mol. The van der Waals surface area contributed by atoms with Crippen LogP contribution in [0.4, 0.5) is 16.3 Å². The summed E-state index contributed by atoms with van der Waals surface area (Å²) in [5.74, 6) is 0.452. The number of anilines is 2. The minimum atomic E-state index is -3.42. The van der Waals surface area contributed by atoms with Crippen LogP contribution in [0.25, 0.3) is 11.4 Å². The Morgan fingerprint density at radius 3 is 2.39 bits per heavy atom. The Bertz CT molecular complexity index is 958. The SMILES string of the molecule is C[C@H](CO)NC(=O)Nc1ccc(-c2nc(N)cc(C(C)(C)S(C)(=O)=O)n2)cc1. The average Bonchev–Trinajstić information content (AvgIpc) is 2.60. The lowest BCUT2D eigenvalue weighted by Gasteiger charge is -2.22. The van der Waals surface area contributed by atoms with E-state index < -0.39 is 20.6 Å². The molecule has 2 aromatic rings. The van der Waals surface area contributed by atoms with Gasteiger partial charge in [0.15, 0.2) is 15.7 Å². The first-order valence-electron chi connectivity index (χ1n) is 8.57. The molecule has 0 fully saturated rings. The molecule has 5 N–H and O–H groups in total. The fourth-order valence-corrected chi connectivity index (χ4v) is 2.72. The number of nitrogens with zero attached hydrogens (tertiary/aromatic N) is 2. The summed E-state index contributed by atoms with van der Waals surface area (Å²) < 4.78 is 23.0. The Hall–Kier alpha value is -2.72. The molecule has 10 heteroatoms. The van der Waals surface area contributed by atoms with Gasteiger partial charge in [0.25, 0.3) is 0 Å². The predicted octanol–water partition coefficient (Wildman–Crippen LogP) is 1.51. The Balaban J connectivity index is 2.28. The van der Waals surface area contributed by atoms with E-state index in [0.717, 1.165) is 6.26 Å². The van der Waals surface area contributed by atoms with Crippen molar-refractivity contribution in [2.75, 3.05) is 23.9 Å². The van der Waals surface area contributed by atoms with Gasteiger partial charge >= 0.3 is 6.03 Å². The highest BCUT2D eigenvalue weighted by molar-refractivity contribution is 7.91. The number of rotatable bonds is 6. The van der Waals surface area contributed by atoms with Crippen LogP contribution in [-0.4, -0.2) is 48.4 Å². The van der Waals surface area contributed by atoms with Crippen LogP contribution < -0.4 is 16.4 Å². The van der Waals surface area contributed by atoms with Crippen molar-refractivity contribution < 1.29 is 18.3 Å². The Kier molecular flexibility index (Phi) is 6.25. The van der Waals surface area contributed by atoms with E-state index in [1.54, 1.807) is 45.0 Å². The fourth-order valence-electron chi connectivity index (χ4n) is 2.23. The third-order valence-corrected chi connectivity index (χ3v) is 6.41. The quantitative estimate of drug-likeness (QED) is 0.567. The number of aliphatic hydroxyl groups excluding tert-OH is 1. The number of hydrogen-bond acceptors (Lipinski definition) is 7. The largest absolute Gasteiger partial charge is 0.394 e. The Morgan fingerprint density at radius 2 is 1.86 bits per heavy atom. The molecule has 28 heavy (non-hydrogen) atoms. The molecule has 2 amide bonds. The molecule has 0 bridgehead atoms. The summed E-state index contributed by atoms with van der Waals surface area (Å²) in [5, 5.41) is 14.2. The van der Waals surface area contributed by atoms with Crippen LogP contribution in [-0.2, 0) is 14.6 Å². The number of urea groups is 1. The normalized spacial score (nSPS) is 13.0. The highest BCUT2D eigenvalue weighted by atomic mass is 32.2. The van der Waals surface area contributed by atoms with Crippen molar-refractivity contribution in [2.24, 2.45) is 0 Å². The second-order valence-electron chi connectivity index (χ2n) is 7.04. The van der Waals surface area contributed by atoms with E-state index in [0.29, 0.717) is 16.9 Å². The number of aromatic nitrogens is 2. The first-order valence-corrected chi connectivity index (χ1v) is 10.5. The van der Waals surface area contributed by atoms with Gasteiger partial charge < -0.3 is 21.5 Å². The van der Waals surface area contributed by atoms with E-state index in [1.165, 1.54) is 6.07 Å². The predicted molar refractivity (Wildman–Crippen MR) is 108 cm³/mol. The first-order chi connectivity index (χ1) is 12.9. The van der Waals surface area contributed by atoms with Crippen LogP contribution in [0.2, 0.25) is 0 Å². The third-order valence-electron chi connectivity index (χ3n) is 4.34. The van der Waals surface area contributed by atoms with Crippen molar-refractivity contribution in [3.63, 3.8) is 0 Å². The lowest BCUT2D eigenvalue weighted by atomic mass is 10.1. The maximum Gasteiger partial charge on any atom is 0.319 e. The van der Waals surface area contributed by atoms with Crippen LogP contribution in [0.5, 0.6) is 0 Å². The van der Waals surface area contributed by atoms with Crippen LogP contribution in [0.3, 0.4) is 0 Å². The lowest BCUT2D eigenvalue weighted by Crippen LogP contribution is -2.38. The van der Waals surface area contributed by atoms with Gasteiger partial charge in [-0.1, -0.05) is 0 Å². The van der Waals surface area contributed by atoms with Gasteiger partial charge in [0, 0.05) is 23.6 Å². The smallest absolute Gasteiger partial charge is 0.319 e. The van der Waals surface area contributed by atoms with E-state index in [4.69, 9.17) is 10.8 Å². The molecule has 0 saturated heterocycles. The molecule has 0 spiro atoms. The summed E-state index contributed by atoms with van der Waals surface area (Å²) >= 11 is 0.